The predicted molar refractivity (Wildman–Crippen MR) is 162 cm³/mol. The summed E-state index contributed by atoms with van der Waals surface area (Å²) in [6, 6.07) is 20.6. The maximum absolute atomic E-state index is 13.7. The first-order chi connectivity index (χ1) is 19.8. The lowest BCUT2D eigenvalue weighted by Crippen LogP contribution is -2.45. The summed E-state index contributed by atoms with van der Waals surface area (Å²) in [5, 5.41) is 0.431. The lowest BCUT2D eigenvalue weighted by atomic mass is 9.94. The number of carbonyl (C=O) groups is 2. The van der Waals surface area contributed by atoms with Crippen LogP contribution in [0.4, 0.5) is 5.69 Å². The van der Waals surface area contributed by atoms with E-state index in [1.165, 1.54) is 19.8 Å². The van der Waals surface area contributed by atoms with Gasteiger partial charge < -0.3 is 23.7 Å². The van der Waals surface area contributed by atoms with Crippen LogP contribution in [0.5, 0.6) is 11.5 Å². The number of fused-ring (bicyclic) bond motifs is 1. The molecule has 3 aromatic carbocycles. The molecule has 1 aliphatic heterocycles. The Bertz CT molecular complexity index is 1410. The average Bonchev–Trinajstić information content (AvgIpc) is 3.02. The predicted octanol–water partition coefficient (Wildman–Crippen LogP) is 5.52. The van der Waals surface area contributed by atoms with E-state index in [9.17, 15) is 18.4 Å². The number of ether oxygens (including phenoxy) is 3. The fourth-order valence-corrected chi connectivity index (χ4v) is 4.99. The second-order valence-corrected chi connectivity index (χ2v) is 12.0. The minimum atomic E-state index is -2.82. The van der Waals surface area contributed by atoms with Crippen LogP contribution in [0.2, 0.25) is 5.02 Å². The molecule has 0 aliphatic carbocycles. The molecule has 0 fully saturated rings. The summed E-state index contributed by atoms with van der Waals surface area (Å²) in [4.78, 5) is 27.6. The maximum Gasteiger partial charge on any atom is 0.256 e. The molecule has 0 spiro atoms. The average molecular weight is 616 g/mol. The van der Waals surface area contributed by atoms with Crippen molar-refractivity contribution in [1.82, 2.24) is 4.72 Å². The van der Waals surface area contributed by atoms with E-state index < -0.39 is 41.7 Å². The number of methoxy groups -OCH3 is 2. The van der Waals surface area contributed by atoms with Gasteiger partial charge in [-0.1, -0.05) is 80.4 Å². The molecule has 42 heavy (non-hydrogen) atoms. The summed E-state index contributed by atoms with van der Waals surface area (Å²) in [6.45, 7) is 8.34. The number of nitrogens with zero attached hydrogens (tertiary/aromatic N) is 1. The smallest absolute Gasteiger partial charge is 0.256 e. The Labute approximate surface area is 254 Å². The summed E-state index contributed by atoms with van der Waals surface area (Å²) in [6.07, 6.45) is -2.66. The molecular weight excluding hydrogens is 580 g/mol. The molecule has 0 bridgehead atoms. The van der Waals surface area contributed by atoms with Gasteiger partial charge in [-0.15, -0.1) is 0 Å². The van der Waals surface area contributed by atoms with Gasteiger partial charge in [0.1, 0.15) is 12.2 Å². The molecule has 0 radical (unpaired) electrons. The molecule has 0 saturated carbocycles. The third kappa shape index (κ3) is 8.78. The zero-order valence-corrected chi connectivity index (χ0v) is 26.1. The van der Waals surface area contributed by atoms with Crippen molar-refractivity contribution in [3.8, 4) is 11.5 Å². The number of benzene rings is 3. The standard InChI is InChI=1S/C24H29ClN2O7S.C7H8/c1-24(2,3)13-27-17-10-9-14(25)11-16(17)21(15-7-6-8-18(32-4)22(15)33-5)34-19(23(27)29)12-20(28)26-35(30)31;1-7-5-3-2-4-6-7/h6-11,19,21H,12-13H2,1-5H3,(H,26,28)(H,30,31);2-6H,1H3/p-1/t19-,21-;/m1./s1. The number of hydrogen-bond acceptors (Lipinski definition) is 7. The van der Waals surface area contributed by atoms with Gasteiger partial charge >= 0.3 is 0 Å². The quantitative estimate of drug-likeness (QED) is 0.348. The Morgan fingerprint density at radius 2 is 1.74 bits per heavy atom. The van der Waals surface area contributed by atoms with Gasteiger partial charge in [-0.05, 0) is 36.6 Å². The van der Waals surface area contributed by atoms with Crippen molar-refractivity contribution in [3.05, 3.63) is 88.4 Å². The van der Waals surface area contributed by atoms with E-state index in [-0.39, 0.29) is 5.41 Å². The fraction of sp³-hybridized carbons (Fsp3) is 0.355. The molecule has 4 rings (SSSR count). The minimum Gasteiger partial charge on any atom is -0.755 e. The monoisotopic (exact) mass is 615 g/mol. The molecule has 1 aliphatic rings. The van der Waals surface area contributed by atoms with Crippen molar-refractivity contribution in [2.45, 2.75) is 46.3 Å². The molecule has 2 amide bonds. The highest BCUT2D eigenvalue weighted by atomic mass is 35.5. The van der Waals surface area contributed by atoms with Gasteiger partial charge in [0.15, 0.2) is 11.5 Å². The highest BCUT2D eigenvalue weighted by Crippen LogP contribution is 2.45. The maximum atomic E-state index is 13.7. The van der Waals surface area contributed by atoms with Crippen LogP contribution in [0.25, 0.3) is 0 Å². The van der Waals surface area contributed by atoms with Crippen LogP contribution in [0.1, 0.15) is 50.0 Å². The summed E-state index contributed by atoms with van der Waals surface area (Å²) in [5.41, 5.74) is 2.74. The van der Waals surface area contributed by atoms with E-state index in [0.29, 0.717) is 39.9 Å². The molecule has 11 heteroatoms. The van der Waals surface area contributed by atoms with Crippen LogP contribution in [0.3, 0.4) is 0 Å². The van der Waals surface area contributed by atoms with Crippen molar-refractivity contribution in [2.24, 2.45) is 5.41 Å². The molecular formula is C31H36ClN2O7S-. The zero-order valence-electron chi connectivity index (χ0n) is 24.5. The molecule has 0 saturated heterocycles. The number of amides is 2. The highest BCUT2D eigenvalue weighted by molar-refractivity contribution is 7.77. The van der Waals surface area contributed by atoms with Crippen LogP contribution in [0, 0.1) is 12.3 Å². The Morgan fingerprint density at radius 1 is 1.05 bits per heavy atom. The second-order valence-electron chi connectivity index (χ2n) is 10.9. The van der Waals surface area contributed by atoms with E-state index in [2.05, 4.69) is 19.1 Å². The largest absolute Gasteiger partial charge is 0.755 e. The van der Waals surface area contributed by atoms with Crippen molar-refractivity contribution in [2.75, 3.05) is 25.7 Å². The summed E-state index contributed by atoms with van der Waals surface area (Å²) in [5.74, 6) is -0.491. The zero-order chi connectivity index (χ0) is 31.0. The van der Waals surface area contributed by atoms with E-state index >= 15 is 0 Å². The second kappa shape index (κ2) is 14.6. The number of halogens is 1. The van der Waals surface area contributed by atoms with Crippen LogP contribution >= 0.6 is 11.6 Å². The molecule has 226 valence electrons. The van der Waals surface area contributed by atoms with E-state index in [1.807, 2.05) is 39.0 Å². The fourth-order valence-electron chi connectivity index (χ4n) is 4.54. The number of nitrogens with one attached hydrogen (secondary N) is 1. The van der Waals surface area contributed by atoms with Gasteiger partial charge in [-0.2, -0.15) is 0 Å². The van der Waals surface area contributed by atoms with Gasteiger partial charge in [-0.25, -0.2) is 0 Å². The van der Waals surface area contributed by atoms with Crippen molar-refractivity contribution < 1.29 is 32.6 Å². The Morgan fingerprint density at radius 3 is 2.29 bits per heavy atom. The number of anilines is 1. The van der Waals surface area contributed by atoms with Gasteiger partial charge in [-0.3, -0.25) is 18.5 Å². The van der Waals surface area contributed by atoms with Gasteiger partial charge in [0, 0.05) is 39.6 Å². The first-order valence-electron chi connectivity index (χ1n) is 13.2. The molecule has 1 N–H and O–H groups in total. The van der Waals surface area contributed by atoms with Crippen molar-refractivity contribution >= 4 is 40.4 Å². The van der Waals surface area contributed by atoms with Crippen LogP contribution in [0.15, 0.2) is 66.7 Å². The van der Waals surface area contributed by atoms with E-state index in [1.54, 1.807) is 46.0 Å². The number of hydrogen-bond donors (Lipinski definition) is 1. The summed E-state index contributed by atoms with van der Waals surface area (Å²) in [7, 11) is 2.99. The Hall–Kier alpha value is -3.44. The number of para-hydroxylation sites is 1. The summed E-state index contributed by atoms with van der Waals surface area (Å²) >= 11 is 3.54. The molecule has 1 heterocycles. The third-order valence-corrected chi connectivity index (χ3v) is 6.89. The third-order valence-electron chi connectivity index (χ3n) is 6.26. The van der Waals surface area contributed by atoms with Crippen LogP contribution < -0.4 is 19.1 Å². The lowest BCUT2D eigenvalue weighted by molar-refractivity contribution is -0.137. The van der Waals surface area contributed by atoms with Gasteiger partial charge in [0.2, 0.25) is 5.91 Å². The Balaban J connectivity index is 0.000000603. The van der Waals surface area contributed by atoms with Crippen LogP contribution in [-0.4, -0.2) is 47.4 Å². The van der Waals surface area contributed by atoms with Crippen LogP contribution in [-0.2, 0) is 25.6 Å². The number of aryl methyl sites for hydroxylation is 1. The summed E-state index contributed by atoms with van der Waals surface area (Å²) < 4.78 is 41.1. The highest BCUT2D eigenvalue weighted by Gasteiger charge is 2.40. The SMILES string of the molecule is COc1cccc([C@H]2O[C@H](CC(=O)NS(=O)[O-])C(=O)N(CC(C)(C)C)c3ccc(Cl)cc32)c1OC.Cc1ccccc1. The molecule has 3 aromatic rings. The van der Waals surface area contributed by atoms with E-state index in [4.69, 9.17) is 25.8 Å². The topological polar surface area (TPSA) is 117 Å². The molecule has 3 atom stereocenters. The first kappa shape index (κ1) is 33.1. The van der Waals surface area contributed by atoms with E-state index in [0.717, 1.165) is 0 Å². The van der Waals surface area contributed by atoms with Gasteiger partial charge in [0.05, 0.1) is 20.6 Å². The molecule has 9 nitrogen and oxygen atoms in total. The lowest BCUT2D eigenvalue weighted by Gasteiger charge is -2.31. The normalized spacial score (nSPS) is 17.2. The number of rotatable bonds is 7. The van der Waals surface area contributed by atoms with Crippen molar-refractivity contribution in [1.29, 1.82) is 0 Å². The van der Waals surface area contributed by atoms with Crippen molar-refractivity contribution in [3.63, 3.8) is 0 Å². The number of carbonyl (C=O) groups excluding carboxylic acids is 2. The first-order valence-corrected chi connectivity index (χ1v) is 14.7. The Kier molecular flexibility index (Phi) is 11.5. The molecule has 1 unspecified atom stereocenters. The van der Waals surface area contributed by atoms with Gasteiger partial charge in [0.25, 0.3) is 5.91 Å². The minimum absolute atomic E-state index is 0.302. The molecule has 0 aromatic heterocycles.